The molecule has 88 valence electrons. The molecule has 1 aromatic carbocycles. The molecule has 1 aromatic rings. The molecule has 0 aromatic heterocycles. The highest BCUT2D eigenvalue weighted by Gasteiger charge is 2.23. The van der Waals surface area contributed by atoms with E-state index in [4.69, 9.17) is 4.74 Å². The van der Waals surface area contributed by atoms with Crippen molar-refractivity contribution in [3.8, 4) is 0 Å². The first-order chi connectivity index (χ1) is 8.18. The standard InChI is InChI=1S/C13H13NO3/c1-9(14-10-5-3-2-4-6-10)13-11(15)7-17-8-12(13)16/h2-6,14-15H,1,7-8H2. The maximum absolute atomic E-state index is 11.6. The quantitative estimate of drug-likeness (QED) is 0.835. The molecule has 0 amide bonds. The van der Waals surface area contributed by atoms with Crippen LogP contribution in [0.25, 0.3) is 0 Å². The average molecular weight is 231 g/mol. The van der Waals surface area contributed by atoms with Gasteiger partial charge in [-0.1, -0.05) is 24.8 Å². The van der Waals surface area contributed by atoms with Crippen molar-refractivity contribution in [2.75, 3.05) is 18.5 Å². The number of carbonyl (C=O) groups excluding carboxylic acids is 1. The number of carbonyl (C=O) groups is 1. The Hall–Kier alpha value is -2.07. The molecule has 0 aliphatic carbocycles. The van der Waals surface area contributed by atoms with Gasteiger partial charge in [-0.15, -0.1) is 0 Å². The Morgan fingerprint density at radius 3 is 2.65 bits per heavy atom. The van der Waals surface area contributed by atoms with E-state index < -0.39 is 0 Å². The molecule has 0 bridgehead atoms. The van der Waals surface area contributed by atoms with Crippen molar-refractivity contribution in [3.05, 3.63) is 53.9 Å². The maximum Gasteiger partial charge on any atom is 0.194 e. The van der Waals surface area contributed by atoms with Gasteiger partial charge in [-0.2, -0.15) is 0 Å². The van der Waals surface area contributed by atoms with Crippen LogP contribution in [0.5, 0.6) is 0 Å². The van der Waals surface area contributed by atoms with Crippen LogP contribution < -0.4 is 5.32 Å². The van der Waals surface area contributed by atoms with Crippen LogP contribution in [-0.4, -0.2) is 24.1 Å². The second kappa shape index (κ2) is 4.84. The van der Waals surface area contributed by atoms with Gasteiger partial charge in [0.05, 0.1) is 5.57 Å². The molecule has 0 atom stereocenters. The second-order valence-electron chi connectivity index (χ2n) is 3.71. The van der Waals surface area contributed by atoms with E-state index in [2.05, 4.69) is 11.9 Å². The number of rotatable bonds is 3. The van der Waals surface area contributed by atoms with Crippen LogP contribution in [0.4, 0.5) is 5.69 Å². The van der Waals surface area contributed by atoms with Crippen molar-refractivity contribution >= 4 is 11.5 Å². The molecule has 0 saturated carbocycles. The van der Waals surface area contributed by atoms with E-state index in [9.17, 15) is 9.90 Å². The van der Waals surface area contributed by atoms with E-state index in [0.29, 0.717) is 5.70 Å². The first-order valence-electron chi connectivity index (χ1n) is 5.23. The van der Waals surface area contributed by atoms with Gasteiger partial charge in [-0.25, -0.2) is 0 Å². The zero-order valence-corrected chi connectivity index (χ0v) is 9.27. The predicted molar refractivity (Wildman–Crippen MR) is 64.7 cm³/mol. The summed E-state index contributed by atoms with van der Waals surface area (Å²) in [5.41, 5.74) is 1.43. The molecule has 0 unspecified atom stereocenters. The monoisotopic (exact) mass is 231 g/mol. The Morgan fingerprint density at radius 2 is 2.00 bits per heavy atom. The minimum atomic E-state index is -0.262. The highest BCUT2D eigenvalue weighted by molar-refractivity contribution is 6.02. The van der Waals surface area contributed by atoms with Gasteiger partial charge in [0.2, 0.25) is 0 Å². The van der Waals surface area contributed by atoms with Crippen molar-refractivity contribution in [2.45, 2.75) is 0 Å². The SMILES string of the molecule is C=C(Nc1ccccc1)C1=C(O)COCC1=O. The van der Waals surface area contributed by atoms with Gasteiger partial charge < -0.3 is 15.2 Å². The molecule has 2 N–H and O–H groups in total. The third-order valence-electron chi connectivity index (χ3n) is 2.41. The lowest BCUT2D eigenvalue weighted by Gasteiger charge is -2.18. The number of anilines is 1. The van der Waals surface area contributed by atoms with E-state index in [1.807, 2.05) is 30.3 Å². The number of ketones is 1. The van der Waals surface area contributed by atoms with Crippen molar-refractivity contribution < 1.29 is 14.6 Å². The molecule has 1 heterocycles. The zero-order valence-electron chi connectivity index (χ0n) is 9.27. The van der Waals surface area contributed by atoms with E-state index in [0.717, 1.165) is 5.69 Å². The first kappa shape index (κ1) is 11.4. The number of Topliss-reactive ketones (excluding diaryl/α,β-unsaturated/α-hetero) is 1. The molecule has 17 heavy (non-hydrogen) atoms. The number of aliphatic hydroxyl groups excluding tert-OH is 1. The Balaban J connectivity index is 2.18. The number of para-hydroxylation sites is 1. The van der Waals surface area contributed by atoms with Gasteiger partial charge in [0.25, 0.3) is 0 Å². The minimum Gasteiger partial charge on any atom is -0.509 e. The lowest BCUT2D eigenvalue weighted by molar-refractivity contribution is -0.121. The Bertz CT molecular complexity index is 477. The van der Waals surface area contributed by atoms with Crippen LogP contribution in [0, 0.1) is 0 Å². The van der Waals surface area contributed by atoms with Crippen LogP contribution >= 0.6 is 0 Å². The van der Waals surface area contributed by atoms with Crippen LogP contribution in [0.15, 0.2) is 53.9 Å². The summed E-state index contributed by atoms with van der Waals surface area (Å²) in [5, 5.41) is 12.6. The number of aliphatic hydroxyl groups is 1. The van der Waals surface area contributed by atoms with Gasteiger partial charge >= 0.3 is 0 Å². The highest BCUT2D eigenvalue weighted by atomic mass is 16.5. The zero-order chi connectivity index (χ0) is 12.3. The summed E-state index contributed by atoms with van der Waals surface area (Å²) in [6.45, 7) is 3.80. The van der Waals surface area contributed by atoms with Crippen molar-refractivity contribution in [3.63, 3.8) is 0 Å². The number of hydrogen-bond acceptors (Lipinski definition) is 4. The second-order valence-corrected chi connectivity index (χ2v) is 3.71. The molecular formula is C13H13NO3. The predicted octanol–water partition coefficient (Wildman–Crippen LogP) is 2.02. The van der Waals surface area contributed by atoms with Gasteiger partial charge in [0.1, 0.15) is 19.0 Å². The number of allylic oxidation sites excluding steroid dienone is 1. The van der Waals surface area contributed by atoms with Crippen molar-refractivity contribution in [2.24, 2.45) is 0 Å². The Morgan fingerprint density at radius 1 is 1.29 bits per heavy atom. The Labute approximate surface area is 99.2 Å². The average Bonchev–Trinajstić information content (AvgIpc) is 2.30. The van der Waals surface area contributed by atoms with Crippen LogP contribution in [-0.2, 0) is 9.53 Å². The van der Waals surface area contributed by atoms with Gasteiger partial charge in [0.15, 0.2) is 5.78 Å². The van der Waals surface area contributed by atoms with Gasteiger partial charge in [-0.05, 0) is 12.1 Å². The number of ether oxygens (including phenoxy) is 1. The minimum absolute atomic E-state index is 0.0190. The Kier molecular flexibility index (Phi) is 3.25. The summed E-state index contributed by atoms with van der Waals surface area (Å²) in [4.78, 5) is 11.6. The lowest BCUT2D eigenvalue weighted by Crippen LogP contribution is -2.24. The summed E-state index contributed by atoms with van der Waals surface area (Å²) in [6.07, 6.45) is 0. The molecule has 4 heteroatoms. The summed E-state index contributed by atoms with van der Waals surface area (Å²) in [6, 6.07) is 9.34. The smallest absolute Gasteiger partial charge is 0.194 e. The molecule has 4 nitrogen and oxygen atoms in total. The van der Waals surface area contributed by atoms with Crippen LogP contribution in [0.2, 0.25) is 0 Å². The van der Waals surface area contributed by atoms with Crippen molar-refractivity contribution in [1.82, 2.24) is 0 Å². The van der Waals surface area contributed by atoms with Crippen molar-refractivity contribution in [1.29, 1.82) is 0 Å². The topological polar surface area (TPSA) is 58.6 Å². The number of benzene rings is 1. The molecular weight excluding hydrogens is 218 g/mol. The first-order valence-corrected chi connectivity index (χ1v) is 5.23. The molecule has 2 rings (SSSR count). The molecule has 0 spiro atoms. The molecule has 0 radical (unpaired) electrons. The van der Waals surface area contributed by atoms with Gasteiger partial charge in [0, 0.05) is 11.4 Å². The number of nitrogens with one attached hydrogen (secondary N) is 1. The summed E-state index contributed by atoms with van der Waals surface area (Å²) >= 11 is 0. The van der Waals surface area contributed by atoms with Gasteiger partial charge in [-0.3, -0.25) is 4.79 Å². The van der Waals surface area contributed by atoms with E-state index in [1.54, 1.807) is 0 Å². The normalized spacial score (nSPS) is 15.9. The van der Waals surface area contributed by atoms with Crippen LogP contribution in [0.1, 0.15) is 0 Å². The third kappa shape index (κ3) is 2.54. The van der Waals surface area contributed by atoms with E-state index >= 15 is 0 Å². The maximum atomic E-state index is 11.6. The molecule has 1 aliphatic heterocycles. The van der Waals surface area contributed by atoms with Crippen LogP contribution in [0.3, 0.4) is 0 Å². The lowest BCUT2D eigenvalue weighted by atomic mass is 10.1. The summed E-state index contributed by atoms with van der Waals surface area (Å²) in [5.74, 6) is -0.336. The van der Waals surface area contributed by atoms with E-state index in [-0.39, 0.29) is 30.3 Å². The van der Waals surface area contributed by atoms with E-state index in [1.165, 1.54) is 0 Å². The third-order valence-corrected chi connectivity index (χ3v) is 2.41. The molecule has 0 saturated heterocycles. The number of hydrogen-bond donors (Lipinski definition) is 2. The highest BCUT2D eigenvalue weighted by Crippen LogP contribution is 2.20. The summed E-state index contributed by atoms with van der Waals surface area (Å²) < 4.78 is 4.90. The fourth-order valence-electron chi connectivity index (χ4n) is 1.65. The largest absolute Gasteiger partial charge is 0.509 e. The fraction of sp³-hybridized carbons (Fsp3) is 0.154. The molecule has 1 aliphatic rings. The fourth-order valence-corrected chi connectivity index (χ4v) is 1.65. The summed E-state index contributed by atoms with van der Waals surface area (Å²) in [7, 11) is 0. The molecule has 0 fully saturated rings.